The van der Waals surface area contributed by atoms with Gasteiger partial charge in [-0.2, -0.15) is 4.68 Å². The minimum absolute atomic E-state index is 0.0339. The Hall–Kier alpha value is -4.05. The van der Waals surface area contributed by atoms with E-state index < -0.39 is 42.4 Å². The zero-order valence-corrected chi connectivity index (χ0v) is 21.7. The first-order valence-electron chi connectivity index (χ1n) is 11.4. The Kier molecular flexibility index (Phi) is 8.52. The van der Waals surface area contributed by atoms with Crippen molar-refractivity contribution < 1.29 is 37.7 Å². The second-order valence-electron chi connectivity index (χ2n) is 8.19. The molecule has 2 aromatic heterocycles. The summed E-state index contributed by atoms with van der Waals surface area (Å²) in [7, 11) is 0. The third-order valence-electron chi connectivity index (χ3n) is 5.13. The highest BCUT2D eigenvalue weighted by Crippen LogP contribution is 2.27. The first-order chi connectivity index (χ1) is 18.2. The number of carbonyl (C=O) groups is 3. The van der Waals surface area contributed by atoms with Gasteiger partial charge in [0.1, 0.15) is 0 Å². The molecule has 0 bridgehead atoms. The molecule has 1 aliphatic rings. The lowest BCUT2D eigenvalue weighted by Gasteiger charge is -2.40. The summed E-state index contributed by atoms with van der Waals surface area (Å²) in [6.07, 6.45) is -4.36. The maximum absolute atomic E-state index is 11.8. The highest BCUT2D eigenvalue weighted by Gasteiger charge is 2.47. The molecule has 4 rings (SSSR count). The van der Waals surface area contributed by atoms with Gasteiger partial charge < -0.3 is 28.7 Å². The van der Waals surface area contributed by atoms with Crippen LogP contribution in [0.25, 0.3) is 5.69 Å². The molecule has 16 heteroatoms. The molecule has 1 N–H and O–H groups in total. The molecule has 15 nitrogen and oxygen atoms in total. The third kappa shape index (κ3) is 6.83. The van der Waals surface area contributed by atoms with Crippen LogP contribution in [0, 0.1) is 6.92 Å². The van der Waals surface area contributed by atoms with Gasteiger partial charge in [0, 0.05) is 20.8 Å². The Morgan fingerprint density at radius 3 is 2.37 bits per heavy atom. The lowest BCUT2D eigenvalue weighted by molar-refractivity contribution is -0.221. The van der Waals surface area contributed by atoms with Crippen LogP contribution in [0.5, 0.6) is 0 Å². The fraction of sp³-hybridized carbons (Fsp3) is 0.455. The van der Waals surface area contributed by atoms with Crippen LogP contribution in [0.15, 0.2) is 33.8 Å². The number of nitrogens with one attached hydrogen (secondary N) is 1. The highest BCUT2D eigenvalue weighted by atomic mass is 32.2. The van der Waals surface area contributed by atoms with Crippen LogP contribution in [0.1, 0.15) is 32.2 Å². The maximum Gasteiger partial charge on any atom is 0.317 e. The van der Waals surface area contributed by atoms with Crippen molar-refractivity contribution >= 4 is 35.7 Å². The van der Waals surface area contributed by atoms with Gasteiger partial charge >= 0.3 is 23.9 Å². The molecule has 0 amide bonds. The molecule has 0 radical (unpaired) electrons. The van der Waals surface area contributed by atoms with Gasteiger partial charge in [0.25, 0.3) is 0 Å². The van der Waals surface area contributed by atoms with E-state index in [2.05, 4.69) is 31.0 Å². The monoisotopic (exact) mass is 547 g/mol. The predicted octanol–water partition coefficient (Wildman–Crippen LogP) is 1.21. The summed E-state index contributed by atoms with van der Waals surface area (Å²) in [5.74, 6) is -1.43. The second-order valence-corrected chi connectivity index (χ2v) is 9.14. The maximum atomic E-state index is 11.8. The van der Waals surface area contributed by atoms with E-state index in [1.54, 1.807) is 4.68 Å². The van der Waals surface area contributed by atoms with Crippen LogP contribution in [0.4, 0.5) is 6.01 Å². The first kappa shape index (κ1) is 27.0. The molecule has 4 atom stereocenters. The number of tetrazole rings is 1. The quantitative estimate of drug-likeness (QED) is 0.229. The van der Waals surface area contributed by atoms with E-state index >= 15 is 0 Å². The lowest BCUT2D eigenvalue weighted by atomic mass is 10.0. The summed E-state index contributed by atoms with van der Waals surface area (Å²) in [5.41, 5.74) is 1.91. The van der Waals surface area contributed by atoms with Gasteiger partial charge in [-0.15, -0.1) is 10.2 Å². The molecular formula is C22H25N7O8S. The number of ether oxygens (including phenoxy) is 4. The molecule has 0 unspecified atom stereocenters. The molecule has 0 aliphatic carbocycles. The average molecular weight is 548 g/mol. The zero-order chi connectivity index (χ0) is 27.2. The normalized spacial score (nSPS) is 20.9. The molecule has 0 saturated carbocycles. The highest BCUT2D eigenvalue weighted by molar-refractivity contribution is 7.98. The van der Waals surface area contributed by atoms with Crippen molar-refractivity contribution in [2.75, 3.05) is 11.9 Å². The number of esters is 3. The SMILES string of the molecule is CC(=O)O[C@@H]1[C@@H](OC(C)=O)[C@H](OC(C)=O)CO[C@H]1Nc1nnc(CSc2nnnn2-c2ccc(C)cc2)o1. The van der Waals surface area contributed by atoms with Gasteiger partial charge in [0.15, 0.2) is 24.5 Å². The Labute approximate surface area is 220 Å². The minimum Gasteiger partial charge on any atom is -0.456 e. The van der Waals surface area contributed by atoms with Crippen molar-refractivity contribution in [1.29, 1.82) is 0 Å². The second kappa shape index (κ2) is 12.0. The van der Waals surface area contributed by atoms with Crippen LogP contribution >= 0.6 is 11.8 Å². The van der Waals surface area contributed by atoms with Gasteiger partial charge in [0.2, 0.25) is 11.0 Å². The summed E-state index contributed by atoms with van der Waals surface area (Å²) >= 11 is 1.28. The molecule has 3 heterocycles. The van der Waals surface area contributed by atoms with Gasteiger partial charge in [-0.05, 0) is 29.5 Å². The molecular weight excluding hydrogens is 522 g/mol. The summed E-state index contributed by atoms with van der Waals surface area (Å²) < 4.78 is 28.8. The fourth-order valence-electron chi connectivity index (χ4n) is 3.60. The zero-order valence-electron chi connectivity index (χ0n) is 20.9. The molecule has 3 aromatic rings. The summed E-state index contributed by atoms with van der Waals surface area (Å²) in [5, 5.41) is 23.1. The minimum atomic E-state index is -1.18. The van der Waals surface area contributed by atoms with Crippen LogP contribution in [0.2, 0.25) is 0 Å². The average Bonchev–Trinajstić information content (AvgIpc) is 3.50. The van der Waals surface area contributed by atoms with Crippen LogP contribution in [-0.4, -0.2) is 79.5 Å². The van der Waals surface area contributed by atoms with E-state index in [-0.39, 0.29) is 24.3 Å². The Balaban J connectivity index is 1.44. The summed E-state index contributed by atoms with van der Waals surface area (Å²) in [4.78, 5) is 35.0. The van der Waals surface area contributed by atoms with Crippen molar-refractivity contribution in [3.63, 3.8) is 0 Å². The largest absolute Gasteiger partial charge is 0.456 e. The van der Waals surface area contributed by atoms with Crippen molar-refractivity contribution in [3.05, 3.63) is 35.7 Å². The lowest BCUT2D eigenvalue weighted by Crippen LogP contribution is -2.59. The first-order valence-corrected chi connectivity index (χ1v) is 12.4. The Morgan fingerprint density at radius 1 is 1.00 bits per heavy atom. The van der Waals surface area contributed by atoms with E-state index in [0.717, 1.165) is 11.3 Å². The molecule has 0 spiro atoms. The number of nitrogens with zero attached hydrogens (tertiary/aromatic N) is 6. The van der Waals surface area contributed by atoms with Gasteiger partial charge in [-0.3, -0.25) is 14.4 Å². The summed E-state index contributed by atoms with van der Waals surface area (Å²) in [6, 6.07) is 7.69. The van der Waals surface area contributed by atoms with Gasteiger partial charge in [0.05, 0.1) is 18.0 Å². The van der Waals surface area contributed by atoms with Gasteiger partial charge in [-0.1, -0.05) is 34.6 Å². The van der Waals surface area contributed by atoms with Crippen LogP contribution in [0.3, 0.4) is 0 Å². The number of hydrogen-bond donors (Lipinski definition) is 1. The number of thioether (sulfide) groups is 1. The number of aryl methyl sites for hydroxylation is 1. The molecule has 202 valence electrons. The number of rotatable bonds is 9. The van der Waals surface area contributed by atoms with Crippen molar-refractivity contribution in [3.8, 4) is 5.69 Å². The predicted molar refractivity (Wildman–Crippen MR) is 128 cm³/mol. The van der Waals surface area contributed by atoms with Crippen LogP contribution in [-0.2, 0) is 39.1 Å². The number of aromatic nitrogens is 6. The number of carbonyl (C=O) groups excluding carboxylic acids is 3. The van der Waals surface area contributed by atoms with E-state index in [1.165, 1.54) is 32.5 Å². The Bertz CT molecular complexity index is 1280. The third-order valence-corrected chi connectivity index (χ3v) is 6.03. The standard InChI is InChI=1S/C22H25N7O8S/c1-11-5-7-15(8-6-11)29-22(26-27-28-29)38-10-17-24-25-21(37-17)23-20-19(36-14(4)32)18(35-13(3)31)16(9-33-20)34-12(2)30/h5-8,16,18-20H,9-10H2,1-4H3,(H,23,25)/t16-,18+,19-,20-/m1/s1. The molecule has 1 aliphatic heterocycles. The topological polar surface area (TPSA) is 183 Å². The molecule has 1 saturated heterocycles. The number of anilines is 1. The fourth-order valence-corrected chi connectivity index (χ4v) is 4.33. The van der Waals surface area contributed by atoms with E-state index in [4.69, 9.17) is 23.4 Å². The summed E-state index contributed by atoms with van der Waals surface area (Å²) in [6.45, 7) is 5.41. The Morgan fingerprint density at radius 2 is 1.68 bits per heavy atom. The molecule has 1 aromatic carbocycles. The van der Waals surface area contributed by atoms with E-state index in [1.807, 2.05) is 31.2 Å². The van der Waals surface area contributed by atoms with Crippen molar-refractivity contribution in [1.82, 2.24) is 30.4 Å². The van der Waals surface area contributed by atoms with Crippen molar-refractivity contribution in [2.45, 2.75) is 63.1 Å². The van der Waals surface area contributed by atoms with E-state index in [9.17, 15) is 14.4 Å². The van der Waals surface area contributed by atoms with Gasteiger partial charge in [-0.25, -0.2) is 0 Å². The van der Waals surface area contributed by atoms with E-state index in [0.29, 0.717) is 5.16 Å². The van der Waals surface area contributed by atoms with Crippen LogP contribution < -0.4 is 5.32 Å². The number of benzene rings is 1. The number of hydrogen-bond acceptors (Lipinski definition) is 15. The smallest absolute Gasteiger partial charge is 0.317 e. The van der Waals surface area contributed by atoms with Crippen molar-refractivity contribution in [2.24, 2.45) is 0 Å². The molecule has 38 heavy (non-hydrogen) atoms. The molecule has 1 fully saturated rings.